The molecule has 0 radical (unpaired) electrons. The van der Waals surface area contributed by atoms with E-state index in [0.29, 0.717) is 23.1 Å². The van der Waals surface area contributed by atoms with E-state index in [9.17, 15) is 9.90 Å². The van der Waals surface area contributed by atoms with Crippen molar-refractivity contribution in [2.45, 2.75) is 42.4 Å². The Hall–Kier alpha value is -2.83. The lowest BCUT2D eigenvalue weighted by molar-refractivity contribution is -0.168. The standard InChI is InChI=1S/C25H24N2O4/c1-27-10-9-24-19-13-7-8-17(30-2)22(19)31-23(24)20-15(12-25(24,29)18(27)11-13)21(28)14-5-3-4-6-16(14)26-20/h3-8,18,23,29H,9-12H2,1-2H3,(H,26,28)/t18-,23?,24-,25?/m0/s1. The highest BCUT2D eigenvalue weighted by Crippen LogP contribution is 2.68. The molecule has 1 aromatic heterocycles. The van der Waals surface area contributed by atoms with Gasteiger partial charge in [0, 0.05) is 34.5 Å². The summed E-state index contributed by atoms with van der Waals surface area (Å²) in [7, 11) is 3.73. The highest BCUT2D eigenvalue weighted by molar-refractivity contribution is 5.80. The third-order valence-corrected chi connectivity index (χ3v) is 8.43. The van der Waals surface area contributed by atoms with Gasteiger partial charge >= 0.3 is 0 Å². The van der Waals surface area contributed by atoms with Gasteiger partial charge < -0.3 is 24.5 Å². The SMILES string of the molecule is COc1ccc2c3c1OC1c4[nH]c5ccccc5c(=O)c4CC4(O)[C@H](C2)N(C)CC[C@]314. The zero-order chi connectivity index (χ0) is 21.1. The van der Waals surface area contributed by atoms with E-state index >= 15 is 0 Å². The quantitative estimate of drug-likeness (QED) is 0.638. The maximum atomic E-state index is 13.6. The Morgan fingerprint density at radius 1 is 1.26 bits per heavy atom. The van der Waals surface area contributed by atoms with Crippen LogP contribution >= 0.6 is 0 Å². The normalized spacial score (nSPS) is 32.4. The number of benzene rings is 2. The van der Waals surface area contributed by atoms with Gasteiger partial charge in [-0.25, -0.2) is 0 Å². The third kappa shape index (κ3) is 1.82. The van der Waals surface area contributed by atoms with Crippen molar-refractivity contribution in [2.75, 3.05) is 20.7 Å². The summed E-state index contributed by atoms with van der Waals surface area (Å²) < 4.78 is 12.3. The first-order valence-corrected chi connectivity index (χ1v) is 10.9. The van der Waals surface area contributed by atoms with Crippen LogP contribution in [-0.2, 0) is 18.3 Å². The molecule has 2 N–H and O–H groups in total. The van der Waals surface area contributed by atoms with Crippen LogP contribution in [0.25, 0.3) is 10.9 Å². The number of fused-ring (bicyclic) bond motifs is 3. The molecule has 2 bridgehead atoms. The van der Waals surface area contributed by atoms with Crippen LogP contribution in [0.2, 0.25) is 0 Å². The van der Waals surface area contributed by atoms with Gasteiger partial charge in [-0.1, -0.05) is 18.2 Å². The summed E-state index contributed by atoms with van der Waals surface area (Å²) in [4.78, 5) is 19.3. The number of hydrogen-bond donors (Lipinski definition) is 2. The number of H-pyrrole nitrogens is 1. The van der Waals surface area contributed by atoms with E-state index in [2.05, 4.69) is 23.0 Å². The van der Waals surface area contributed by atoms with E-state index in [4.69, 9.17) is 9.47 Å². The number of nitrogens with one attached hydrogen (secondary N) is 1. The maximum absolute atomic E-state index is 13.6. The molecule has 2 unspecified atom stereocenters. The fourth-order valence-electron chi connectivity index (χ4n) is 7.06. The summed E-state index contributed by atoms with van der Waals surface area (Å²) in [6, 6.07) is 11.6. The van der Waals surface area contributed by atoms with Crippen LogP contribution in [0, 0.1) is 0 Å². The Morgan fingerprint density at radius 2 is 2.10 bits per heavy atom. The van der Waals surface area contributed by atoms with Crippen molar-refractivity contribution in [3.8, 4) is 11.5 Å². The number of para-hydroxylation sites is 1. The van der Waals surface area contributed by atoms with E-state index in [0.717, 1.165) is 41.9 Å². The van der Waals surface area contributed by atoms with Crippen molar-refractivity contribution in [1.82, 2.24) is 9.88 Å². The molecule has 4 aliphatic rings. The minimum atomic E-state index is -1.09. The number of likely N-dealkylation sites (N-methyl/N-ethyl adjacent to an activating group) is 1. The molecule has 6 nitrogen and oxygen atoms in total. The van der Waals surface area contributed by atoms with Crippen molar-refractivity contribution in [3.05, 3.63) is 69.0 Å². The molecular weight excluding hydrogens is 392 g/mol. The number of aliphatic hydroxyl groups is 1. The summed E-state index contributed by atoms with van der Waals surface area (Å²) in [5.74, 6) is 1.42. The Bertz CT molecular complexity index is 1350. The zero-order valence-electron chi connectivity index (χ0n) is 17.6. The van der Waals surface area contributed by atoms with E-state index in [1.165, 1.54) is 5.56 Å². The van der Waals surface area contributed by atoms with E-state index in [-0.39, 0.29) is 11.5 Å². The van der Waals surface area contributed by atoms with Crippen LogP contribution in [-0.4, -0.2) is 47.3 Å². The number of aromatic nitrogens is 1. The van der Waals surface area contributed by atoms with E-state index < -0.39 is 17.1 Å². The molecule has 3 aromatic rings. The Kier molecular flexibility index (Phi) is 3.16. The van der Waals surface area contributed by atoms with E-state index in [1.54, 1.807) is 7.11 Å². The molecule has 2 aliphatic heterocycles. The van der Waals surface area contributed by atoms with Gasteiger partial charge in [-0.2, -0.15) is 0 Å². The summed E-state index contributed by atoms with van der Waals surface area (Å²) in [5, 5.41) is 13.1. The average molecular weight is 416 g/mol. The molecule has 7 rings (SSSR count). The molecule has 0 amide bonds. The van der Waals surface area contributed by atoms with Gasteiger partial charge in [0.1, 0.15) is 0 Å². The number of hydrogen-bond acceptors (Lipinski definition) is 5. The largest absolute Gasteiger partial charge is 0.493 e. The molecule has 31 heavy (non-hydrogen) atoms. The van der Waals surface area contributed by atoms with Crippen molar-refractivity contribution in [3.63, 3.8) is 0 Å². The number of rotatable bonds is 1. The molecule has 1 fully saturated rings. The van der Waals surface area contributed by atoms with Gasteiger partial charge in [-0.05, 0) is 50.2 Å². The monoisotopic (exact) mass is 416 g/mol. The van der Waals surface area contributed by atoms with E-state index in [1.807, 2.05) is 30.3 Å². The fraction of sp³-hybridized carbons (Fsp3) is 0.400. The second-order valence-corrected chi connectivity index (χ2v) is 9.54. The summed E-state index contributed by atoms with van der Waals surface area (Å²) in [5.41, 5.74) is 2.87. The van der Waals surface area contributed by atoms with Crippen LogP contribution in [0.3, 0.4) is 0 Å². The molecule has 6 heteroatoms. The van der Waals surface area contributed by atoms with Gasteiger partial charge in [0.05, 0.1) is 23.8 Å². The van der Waals surface area contributed by atoms with Gasteiger partial charge in [-0.15, -0.1) is 0 Å². The van der Waals surface area contributed by atoms with Crippen molar-refractivity contribution >= 4 is 10.9 Å². The van der Waals surface area contributed by atoms with Crippen molar-refractivity contribution in [1.29, 1.82) is 0 Å². The number of nitrogens with zero attached hydrogens (tertiary/aromatic N) is 1. The minimum absolute atomic E-state index is 0.00864. The Morgan fingerprint density at radius 3 is 2.94 bits per heavy atom. The first-order chi connectivity index (χ1) is 15.0. The molecule has 2 aliphatic carbocycles. The molecule has 1 spiro atoms. The number of likely N-dealkylation sites (tertiary alicyclic amines) is 1. The predicted octanol–water partition coefficient (Wildman–Crippen LogP) is 2.46. The van der Waals surface area contributed by atoms with Crippen molar-refractivity contribution in [2.24, 2.45) is 0 Å². The molecule has 3 heterocycles. The lowest BCUT2D eigenvalue weighted by Crippen LogP contribution is -2.74. The second kappa shape index (κ2) is 5.50. The molecule has 4 atom stereocenters. The summed E-state index contributed by atoms with van der Waals surface area (Å²) in [6.45, 7) is 0.871. The zero-order valence-corrected chi connectivity index (χ0v) is 17.6. The first-order valence-electron chi connectivity index (χ1n) is 10.9. The predicted molar refractivity (Wildman–Crippen MR) is 116 cm³/mol. The van der Waals surface area contributed by atoms with Gasteiger partial charge in [0.15, 0.2) is 23.0 Å². The third-order valence-electron chi connectivity index (χ3n) is 8.43. The van der Waals surface area contributed by atoms with Crippen LogP contribution < -0.4 is 14.9 Å². The van der Waals surface area contributed by atoms with Crippen molar-refractivity contribution < 1.29 is 14.6 Å². The first kappa shape index (κ1) is 17.8. The van der Waals surface area contributed by atoms with Gasteiger partial charge in [0.25, 0.3) is 0 Å². The molecule has 0 saturated carbocycles. The summed E-state index contributed by atoms with van der Waals surface area (Å²) in [6.07, 6.45) is 1.38. The number of methoxy groups -OCH3 is 1. The Balaban J connectivity index is 1.61. The highest BCUT2D eigenvalue weighted by Gasteiger charge is 2.72. The van der Waals surface area contributed by atoms with Gasteiger partial charge in [-0.3, -0.25) is 4.79 Å². The van der Waals surface area contributed by atoms with Crippen LogP contribution in [0.4, 0.5) is 0 Å². The minimum Gasteiger partial charge on any atom is -0.493 e. The number of ether oxygens (including phenoxy) is 2. The Labute approximate surface area is 179 Å². The van der Waals surface area contributed by atoms with Crippen LogP contribution in [0.5, 0.6) is 11.5 Å². The smallest absolute Gasteiger partial charge is 0.193 e. The lowest BCUT2D eigenvalue weighted by Gasteiger charge is -2.62. The maximum Gasteiger partial charge on any atom is 0.193 e. The van der Waals surface area contributed by atoms with Crippen LogP contribution in [0.15, 0.2) is 41.2 Å². The molecule has 158 valence electrons. The fourth-order valence-corrected chi connectivity index (χ4v) is 7.06. The molecule has 1 saturated heterocycles. The lowest BCUT2D eigenvalue weighted by atomic mass is 9.49. The number of pyridine rings is 1. The number of piperidine rings is 1. The average Bonchev–Trinajstić information content (AvgIpc) is 3.13. The molecule has 2 aromatic carbocycles. The van der Waals surface area contributed by atoms with Gasteiger partial charge in [0.2, 0.25) is 0 Å². The second-order valence-electron chi connectivity index (χ2n) is 9.54. The van der Waals surface area contributed by atoms with Crippen LogP contribution in [0.1, 0.15) is 34.9 Å². The highest BCUT2D eigenvalue weighted by atomic mass is 16.5. The topological polar surface area (TPSA) is 74.8 Å². The number of aromatic amines is 1. The molecular formula is C25H24N2O4. The summed E-state index contributed by atoms with van der Waals surface area (Å²) >= 11 is 0.